The highest BCUT2D eigenvalue weighted by Gasteiger charge is 2.41. The molecule has 1 aromatic carbocycles. The molecule has 2 fully saturated rings. The van der Waals surface area contributed by atoms with Crippen LogP contribution in [0, 0.1) is 5.92 Å². The smallest absolute Gasteiger partial charge is 0.124 e. The number of piperidine rings is 1. The zero-order valence-corrected chi connectivity index (χ0v) is 11.0. The van der Waals surface area contributed by atoms with Crippen molar-refractivity contribution in [2.45, 2.75) is 31.3 Å². The predicted octanol–water partition coefficient (Wildman–Crippen LogP) is 3.14. The number of halogens is 1. The molecule has 88 valence electrons. The Morgan fingerprint density at radius 3 is 3.00 bits per heavy atom. The lowest BCUT2D eigenvalue weighted by molar-refractivity contribution is 0.380. The second-order valence-corrected chi connectivity index (χ2v) is 6.11. The molecule has 4 rings (SSSR count). The number of nitrogens with one attached hydrogen (secondary N) is 2. The molecule has 4 heteroatoms. The number of fused-ring (bicyclic) bond motifs is 3. The van der Waals surface area contributed by atoms with Crippen molar-refractivity contribution in [2.24, 2.45) is 5.92 Å². The van der Waals surface area contributed by atoms with Crippen LogP contribution >= 0.6 is 15.9 Å². The topological polar surface area (TPSA) is 40.7 Å². The van der Waals surface area contributed by atoms with E-state index in [-0.39, 0.29) is 0 Å². The summed E-state index contributed by atoms with van der Waals surface area (Å²) in [5.74, 6) is 1.90. The van der Waals surface area contributed by atoms with Crippen LogP contribution in [0.1, 0.15) is 31.1 Å². The lowest BCUT2D eigenvalue weighted by Gasteiger charge is -2.20. The second-order valence-electron chi connectivity index (χ2n) is 5.20. The Bertz CT molecular complexity index is 577. The minimum absolute atomic E-state index is 0.444. The Labute approximate surface area is 108 Å². The highest BCUT2D eigenvalue weighted by atomic mass is 79.9. The number of benzene rings is 1. The first-order valence-corrected chi connectivity index (χ1v) is 7.00. The first kappa shape index (κ1) is 10.1. The van der Waals surface area contributed by atoms with Gasteiger partial charge in [0.15, 0.2) is 0 Å². The molecule has 2 aromatic rings. The van der Waals surface area contributed by atoms with Crippen LogP contribution in [0.5, 0.6) is 0 Å². The second kappa shape index (κ2) is 3.56. The highest BCUT2D eigenvalue weighted by Crippen LogP contribution is 2.42. The normalized spacial score (nSPS) is 31.5. The van der Waals surface area contributed by atoms with Gasteiger partial charge in [-0.05, 0) is 43.4 Å². The molecule has 2 aliphatic rings. The molecule has 0 amide bonds. The predicted molar refractivity (Wildman–Crippen MR) is 70.8 cm³/mol. The first-order valence-electron chi connectivity index (χ1n) is 6.21. The maximum absolute atomic E-state index is 4.72. The molecular weight excluding hydrogens is 278 g/mol. The number of hydrogen-bond donors (Lipinski definition) is 2. The summed E-state index contributed by atoms with van der Waals surface area (Å²) in [6.07, 6.45) is 4.02. The number of rotatable bonds is 1. The van der Waals surface area contributed by atoms with Crippen molar-refractivity contribution in [3.05, 3.63) is 28.5 Å². The van der Waals surface area contributed by atoms with Crippen LogP contribution in [-0.4, -0.2) is 16.0 Å². The molecule has 17 heavy (non-hydrogen) atoms. The summed E-state index contributed by atoms with van der Waals surface area (Å²) in [5, 5.41) is 3.68. The summed E-state index contributed by atoms with van der Waals surface area (Å²) in [7, 11) is 0. The number of imidazole rings is 1. The third kappa shape index (κ3) is 1.54. The molecule has 2 N–H and O–H groups in total. The standard InChI is InChI=1S/C13H14BrN3/c14-8-2-4-10-11(6-8)17-13(16-10)12-7-1-3-9(5-7)15-12/h2,4,6-7,9,12,15H,1,3,5H2,(H,16,17). The van der Waals surface area contributed by atoms with Gasteiger partial charge in [-0.25, -0.2) is 4.98 Å². The summed E-state index contributed by atoms with van der Waals surface area (Å²) in [6.45, 7) is 0. The highest BCUT2D eigenvalue weighted by molar-refractivity contribution is 9.10. The van der Waals surface area contributed by atoms with Crippen LogP contribution in [0.15, 0.2) is 22.7 Å². The molecule has 1 aliphatic carbocycles. The molecule has 3 nitrogen and oxygen atoms in total. The van der Waals surface area contributed by atoms with Crippen molar-refractivity contribution in [1.82, 2.24) is 15.3 Å². The van der Waals surface area contributed by atoms with Gasteiger partial charge in [0, 0.05) is 10.5 Å². The maximum Gasteiger partial charge on any atom is 0.124 e. The SMILES string of the molecule is Brc1ccc2nc(C3NC4CCC3C4)[nH]c2c1. The van der Waals surface area contributed by atoms with E-state index in [0.717, 1.165) is 33.3 Å². The fourth-order valence-electron chi connectivity index (χ4n) is 3.31. The molecule has 3 unspecified atom stereocenters. The van der Waals surface area contributed by atoms with E-state index in [1.807, 2.05) is 6.07 Å². The third-order valence-corrected chi connectivity index (χ3v) is 4.61. The summed E-state index contributed by atoms with van der Waals surface area (Å²) in [4.78, 5) is 8.18. The van der Waals surface area contributed by atoms with Gasteiger partial charge in [0.25, 0.3) is 0 Å². The summed E-state index contributed by atoms with van der Waals surface area (Å²) in [6, 6.07) is 7.37. The average Bonchev–Trinajstić information content (AvgIpc) is 3.01. The first-order chi connectivity index (χ1) is 8.29. The van der Waals surface area contributed by atoms with Gasteiger partial charge < -0.3 is 10.3 Å². The van der Waals surface area contributed by atoms with E-state index in [9.17, 15) is 0 Å². The Kier molecular flexibility index (Phi) is 2.11. The van der Waals surface area contributed by atoms with Gasteiger partial charge in [0.2, 0.25) is 0 Å². The van der Waals surface area contributed by atoms with E-state index >= 15 is 0 Å². The summed E-state index contributed by atoms with van der Waals surface area (Å²) in [5.41, 5.74) is 2.19. The van der Waals surface area contributed by atoms with E-state index in [2.05, 4.69) is 38.4 Å². The van der Waals surface area contributed by atoms with Crippen molar-refractivity contribution >= 4 is 27.0 Å². The van der Waals surface area contributed by atoms with Gasteiger partial charge in [-0.3, -0.25) is 0 Å². The van der Waals surface area contributed by atoms with Gasteiger partial charge in [0.1, 0.15) is 5.82 Å². The van der Waals surface area contributed by atoms with Crippen LogP contribution in [-0.2, 0) is 0 Å². The molecule has 0 radical (unpaired) electrons. The number of hydrogen-bond acceptors (Lipinski definition) is 2. The minimum atomic E-state index is 0.444. The Balaban J connectivity index is 1.76. The molecule has 2 bridgehead atoms. The fraction of sp³-hybridized carbons (Fsp3) is 0.462. The van der Waals surface area contributed by atoms with E-state index in [0.29, 0.717) is 6.04 Å². The van der Waals surface area contributed by atoms with Crippen molar-refractivity contribution in [2.75, 3.05) is 0 Å². The fourth-order valence-corrected chi connectivity index (χ4v) is 3.67. The number of aromatic nitrogens is 2. The quantitative estimate of drug-likeness (QED) is 0.847. The van der Waals surface area contributed by atoms with Crippen LogP contribution in [0.2, 0.25) is 0 Å². The molecule has 0 spiro atoms. The van der Waals surface area contributed by atoms with Crippen LogP contribution in [0.25, 0.3) is 11.0 Å². The number of H-pyrrole nitrogens is 1. The van der Waals surface area contributed by atoms with Crippen LogP contribution in [0.4, 0.5) is 0 Å². The van der Waals surface area contributed by atoms with Crippen molar-refractivity contribution < 1.29 is 0 Å². The van der Waals surface area contributed by atoms with Gasteiger partial charge in [-0.2, -0.15) is 0 Å². The molecule has 1 saturated carbocycles. The summed E-state index contributed by atoms with van der Waals surface area (Å²) >= 11 is 3.49. The summed E-state index contributed by atoms with van der Waals surface area (Å²) < 4.78 is 1.10. The van der Waals surface area contributed by atoms with Gasteiger partial charge in [-0.15, -0.1) is 0 Å². The Morgan fingerprint density at radius 1 is 1.29 bits per heavy atom. The molecular formula is C13H14BrN3. The molecule has 1 aromatic heterocycles. The van der Waals surface area contributed by atoms with Gasteiger partial charge in [0.05, 0.1) is 17.1 Å². The van der Waals surface area contributed by atoms with E-state index in [1.54, 1.807) is 0 Å². The maximum atomic E-state index is 4.72. The average molecular weight is 292 g/mol. The number of nitrogens with zero attached hydrogens (tertiary/aromatic N) is 1. The lowest BCUT2D eigenvalue weighted by Crippen LogP contribution is -2.29. The number of aromatic amines is 1. The van der Waals surface area contributed by atoms with Crippen molar-refractivity contribution in [3.8, 4) is 0 Å². The zero-order valence-electron chi connectivity index (χ0n) is 9.41. The van der Waals surface area contributed by atoms with Crippen molar-refractivity contribution in [3.63, 3.8) is 0 Å². The van der Waals surface area contributed by atoms with Crippen LogP contribution in [0.3, 0.4) is 0 Å². The lowest BCUT2D eigenvalue weighted by atomic mass is 10.00. The Hall–Kier alpha value is -0.870. The Morgan fingerprint density at radius 2 is 2.24 bits per heavy atom. The molecule has 3 atom stereocenters. The molecule has 2 heterocycles. The van der Waals surface area contributed by atoms with Crippen LogP contribution < -0.4 is 5.32 Å². The monoisotopic (exact) mass is 291 g/mol. The minimum Gasteiger partial charge on any atom is -0.341 e. The van der Waals surface area contributed by atoms with Gasteiger partial charge in [-0.1, -0.05) is 15.9 Å². The third-order valence-electron chi connectivity index (χ3n) is 4.12. The van der Waals surface area contributed by atoms with E-state index in [4.69, 9.17) is 4.98 Å². The molecule has 1 aliphatic heterocycles. The van der Waals surface area contributed by atoms with E-state index in [1.165, 1.54) is 19.3 Å². The van der Waals surface area contributed by atoms with Crippen molar-refractivity contribution in [1.29, 1.82) is 0 Å². The molecule has 1 saturated heterocycles. The van der Waals surface area contributed by atoms with E-state index < -0.39 is 0 Å². The van der Waals surface area contributed by atoms with Gasteiger partial charge >= 0.3 is 0 Å². The largest absolute Gasteiger partial charge is 0.341 e. The zero-order chi connectivity index (χ0) is 11.4.